The SMILES string of the molecule is Cc1cc(C(=O)CSc2ccc(F)c(F)c2)c(C)n1C. The molecule has 0 aliphatic rings. The minimum atomic E-state index is -0.894. The monoisotopic (exact) mass is 295 g/mol. The molecule has 0 unspecified atom stereocenters. The zero-order valence-corrected chi connectivity index (χ0v) is 12.4. The molecule has 0 spiro atoms. The molecule has 1 heterocycles. The number of nitrogens with zero attached hydrogens (tertiary/aromatic N) is 1. The number of rotatable bonds is 4. The normalized spacial score (nSPS) is 10.8. The van der Waals surface area contributed by atoms with Gasteiger partial charge in [0.1, 0.15) is 0 Å². The standard InChI is InChI=1S/C15H15F2NOS/c1-9-6-12(10(2)18(9)3)15(19)8-20-11-4-5-13(16)14(17)7-11/h4-7H,8H2,1-3H3. The minimum Gasteiger partial charge on any atom is -0.351 e. The molecule has 0 fully saturated rings. The lowest BCUT2D eigenvalue weighted by molar-refractivity contribution is 0.102. The molecule has 0 N–H and O–H groups in total. The van der Waals surface area contributed by atoms with E-state index in [0.29, 0.717) is 10.5 Å². The first-order chi connectivity index (χ1) is 9.40. The number of ketones is 1. The van der Waals surface area contributed by atoms with E-state index in [2.05, 4.69) is 0 Å². The molecule has 5 heteroatoms. The first-order valence-electron chi connectivity index (χ1n) is 6.14. The van der Waals surface area contributed by atoms with E-state index in [1.165, 1.54) is 17.8 Å². The van der Waals surface area contributed by atoms with Crippen LogP contribution >= 0.6 is 11.8 Å². The van der Waals surface area contributed by atoms with Gasteiger partial charge in [-0.25, -0.2) is 8.78 Å². The van der Waals surface area contributed by atoms with E-state index in [0.717, 1.165) is 23.5 Å². The van der Waals surface area contributed by atoms with E-state index < -0.39 is 11.6 Å². The summed E-state index contributed by atoms with van der Waals surface area (Å²) in [5.74, 6) is -1.58. The van der Waals surface area contributed by atoms with Crippen LogP contribution in [0.15, 0.2) is 29.2 Å². The zero-order chi connectivity index (χ0) is 14.9. The van der Waals surface area contributed by atoms with Crippen molar-refractivity contribution in [3.8, 4) is 0 Å². The lowest BCUT2D eigenvalue weighted by atomic mass is 10.2. The zero-order valence-electron chi connectivity index (χ0n) is 11.5. The lowest BCUT2D eigenvalue weighted by Gasteiger charge is -2.03. The van der Waals surface area contributed by atoms with E-state index >= 15 is 0 Å². The molecule has 20 heavy (non-hydrogen) atoms. The van der Waals surface area contributed by atoms with E-state index in [1.54, 1.807) is 0 Å². The van der Waals surface area contributed by atoms with Crippen LogP contribution in [0.3, 0.4) is 0 Å². The minimum absolute atomic E-state index is 0.0130. The molecule has 0 bridgehead atoms. The van der Waals surface area contributed by atoms with E-state index in [4.69, 9.17) is 0 Å². The maximum absolute atomic E-state index is 13.1. The van der Waals surface area contributed by atoms with Crippen LogP contribution in [0, 0.1) is 25.5 Å². The molecular formula is C15H15F2NOS. The number of aryl methyl sites for hydroxylation is 1. The summed E-state index contributed by atoms with van der Waals surface area (Å²) in [6.45, 7) is 3.83. The smallest absolute Gasteiger partial charge is 0.174 e. The number of halogens is 2. The molecule has 0 amide bonds. The van der Waals surface area contributed by atoms with Gasteiger partial charge in [-0.05, 0) is 38.1 Å². The fraction of sp³-hybridized carbons (Fsp3) is 0.267. The number of thioether (sulfide) groups is 1. The molecular weight excluding hydrogens is 280 g/mol. The molecule has 1 aromatic carbocycles. The fourth-order valence-electron chi connectivity index (χ4n) is 1.93. The Morgan fingerprint density at radius 3 is 2.45 bits per heavy atom. The molecule has 0 radical (unpaired) electrons. The summed E-state index contributed by atoms with van der Waals surface area (Å²) in [4.78, 5) is 12.7. The first-order valence-corrected chi connectivity index (χ1v) is 7.12. The maximum atomic E-state index is 13.1. The topological polar surface area (TPSA) is 22.0 Å². The summed E-state index contributed by atoms with van der Waals surface area (Å²) in [6.07, 6.45) is 0. The highest BCUT2D eigenvalue weighted by Gasteiger charge is 2.14. The van der Waals surface area contributed by atoms with Crippen LogP contribution in [0.5, 0.6) is 0 Å². The second-order valence-electron chi connectivity index (χ2n) is 4.63. The van der Waals surface area contributed by atoms with Crippen molar-refractivity contribution in [3.05, 3.63) is 52.9 Å². The predicted octanol–water partition coefficient (Wildman–Crippen LogP) is 3.90. The van der Waals surface area contributed by atoms with E-state index in [-0.39, 0.29) is 11.5 Å². The van der Waals surface area contributed by atoms with Crippen molar-refractivity contribution in [2.24, 2.45) is 7.05 Å². The molecule has 2 nitrogen and oxygen atoms in total. The summed E-state index contributed by atoms with van der Waals surface area (Å²) in [7, 11) is 1.91. The average molecular weight is 295 g/mol. The summed E-state index contributed by atoms with van der Waals surface area (Å²) < 4.78 is 27.8. The van der Waals surface area contributed by atoms with Gasteiger partial charge in [-0.2, -0.15) is 0 Å². The van der Waals surface area contributed by atoms with Gasteiger partial charge in [0.25, 0.3) is 0 Å². The van der Waals surface area contributed by atoms with E-state index in [1.807, 2.05) is 31.5 Å². The van der Waals surface area contributed by atoms with Crippen LogP contribution in [0.4, 0.5) is 8.78 Å². The highest BCUT2D eigenvalue weighted by molar-refractivity contribution is 8.00. The third-order valence-corrected chi connectivity index (χ3v) is 4.33. The van der Waals surface area contributed by atoms with Crippen molar-refractivity contribution in [1.29, 1.82) is 0 Å². The van der Waals surface area contributed by atoms with Crippen LogP contribution in [-0.2, 0) is 7.05 Å². The Kier molecular flexibility index (Phi) is 4.28. The van der Waals surface area contributed by atoms with Gasteiger partial charge in [0.15, 0.2) is 17.4 Å². The molecule has 1 aromatic heterocycles. The van der Waals surface area contributed by atoms with Crippen molar-refractivity contribution in [3.63, 3.8) is 0 Å². The molecule has 0 saturated carbocycles. The van der Waals surface area contributed by atoms with Crippen molar-refractivity contribution in [2.45, 2.75) is 18.7 Å². The van der Waals surface area contributed by atoms with Gasteiger partial charge < -0.3 is 4.57 Å². The van der Waals surface area contributed by atoms with Crippen LogP contribution in [0.2, 0.25) is 0 Å². The summed E-state index contributed by atoms with van der Waals surface area (Å²) in [6, 6.07) is 5.50. The second kappa shape index (κ2) is 5.79. The number of carbonyl (C=O) groups excluding carboxylic acids is 1. The van der Waals surface area contributed by atoms with Crippen LogP contribution in [0.25, 0.3) is 0 Å². The Morgan fingerprint density at radius 1 is 1.20 bits per heavy atom. The largest absolute Gasteiger partial charge is 0.351 e. The Hall–Kier alpha value is -1.62. The molecule has 2 aromatic rings. The molecule has 0 aliphatic heterocycles. The van der Waals surface area contributed by atoms with Gasteiger partial charge >= 0.3 is 0 Å². The second-order valence-corrected chi connectivity index (χ2v) is 5.68. The van der Waals surface area contributed by atoms with Gasteiger partial charge in [-0.3, -0.25) is 4.79 Å². The Bertz CT molecular complexity index is 664. The number of Topliss-reactive ketones (excluding diaryl/α,β-unsaturated/α-hetero) is 1. The van der Waals surface area contributed by atoms with Gasteiger partial charge in [0.2, 0.25) is 0 Å². The molecule has 0 aliphatic carbocycles. The highest BCUT2D eigenvalue weighted by Crippen LogP contribution is 2.23. The van der Waals surface area contributed by atoms with Gasteiger partial charge in [-0.1, -0.05) is 0 Å². The predicted molar refractivity (Wildman–Crippen MR) is 76.3 cm³/mol. The van der Waals surface area contributed by atoms with Gasteiger partial charge in [-0.15, -0.1) is 11.8 Å². The summed E-state index contributed by atoms with van der Waals surface area (Å²) in [5, 5.41) is 0. The van der Waals surface area contributed by atoms with E-state index in [9.17, 15) is 13.6 Å². The number of aromatic nitrogens is 1. The first kappa shape index (κ1) is 14.8. The molecule has 0 atom stereocenters. The number of hydrogen-bond donors (Lipinski definition) is 0. The van der Waals surface area contributed by atoms with Crippen molar-refractivity contribution in [1.82, 2.24) is 4.57 Å². The van der Waals surface area contributed by atoms with Crippen molar-refractivity contribution in [2.75, 3.05) is 5.75 Å². The lowest BCUT2D eigenvalue weighted by Crippen LogP contribution is -2.04. The summed E-state index contributed by atoms with van der Waals surface area (Å²) >= 11 is 1.20. The van der Waals surface area contributed by atoms with Crippen LogP contribution in [-0.4, -0.2) is 16.1 Å². The highest BCUT2D eigenvalue weighted by atomic mass is 32.2. The third kappa shape index (κ3) is 2.93. The number of hydrogen-bond acceptors (Lipinski definition) is 2. The van der Waals surface area contributed by atoms with Gasteiger partial charge in [0, 0.05) is 28.9 Å². The third-order valence-electron chi connectivity index (χ3n) is 3.34. The Balaban J connectivity index is 2.08. The number of carbonyl (C=O) groups is 1. The maximum Gasteiger partial charge on any atom is 0.174 e. The molecule has 2 rings (SSSR count). The van der Waals surface area contributed by atoms with Crippen molar-refractivity contribution < 1.29 is 13.6 Å². The Morgan fingerprint density at radius 2 is 1.90 bits per heavy atom. The van der Waals surface area contributed by atoms with Crippen LogP contribution in [0.1, 0.15) is 21.7 Å². The number of benzene rings is 1. The van der Waals surface area contributed by atoms with Gasteiger partial charge in [0.05, 0.1) is 5.75 Å². The fourth-order valence-corrected chi connectivity index (χ4v) is 2.74. The quantitative estimate of drug-likeness (QED) is 0.630. The average Bonchev–Trinajstić information content (AvgIpc) is 2.67. The van der Waals surface area contributed by atoms with Crippen LogP contribution < -0.4 is 0 Å². The summed E-state index contributed by atoms with van der Waals surface area (Å²) in [5.41, 5.74) is 2.61. The molecule has 0 saturated heterocycles. The Labute approximate surface area is 120 Å². The van der Waals surface area contributed by atoms with Crippen molar-refractivity contribution >= 4 is 17.5 Å². The molecule has 106 valence electrons.